The number of carbonyl (C=O) groups is 1. The fraction of sp³-hybridized carbons (Fsp3) is 0.250. The number of aryl methyl sites for hydroxylation is 1. The Morgan fingerprint density at radius 2 is 2.00 bits per heavy atom. The summed E-state index contributed by atoms with van der Waals surface area (Å²) >= 11 is 0. The highest BCUT2D eigenvalue weighted by atomic mass is 16.5. The van der Waals surface area contributed by atoms with Crippen molar-refractivity contribution in [1.82, 2.24) is 4.98 Å². The predicted molar refractivity (Wildman–Crippen MR) is 78.6 cm³/mol. The van der Waals surface area contributed by atoms with Gasteiger partial charge in [-0.25, -0.2) is 4.98 Å². The van der Waals surface area contributed by atoms with Gasteiger partial charge in [0.15, 0.2) is 6.61 Å². The van der Waals surface area contributed by atoms with Crippen LogP contribution in [-0.2, 0) is 11.2 Å². The van der Waals surface area contributed by atoms with E-state index in [0.717, 1.165) is 18.8 Å². The van der Waals surface area contributed by atoms with Crippen LogP contribution in [-0.4, -0.2) is 24.1 Å². The van der Waals surface area contributed by atoms with Crippen molar-refractivity contribution in [2.75, 3.05) is 18.5 Å². The number of carbonyl (C=O) groups excluding carboxylic acids is 1. The third-order valence-corrected chi connectivity index (χ3v) is 3.21. The highest BCUT2D eigenvalue weighted by Gasteiger charge is 2.15. The minimum atomic E-state index is -0.134. The smallest absolute Gasteiger partial charge is 0.262 e. The zero-order valence-electron chi connectivity index (χ0n) is 11.5. The molecular weight excluding hydrogens is 268 g/mol. The standard InChI is InChI=1S/C9H10O.C7H6N2O2/c1-2-6-9-8(4-1)5-3-7-10-9;10-6-4-11-7-5(9-6)2-1-3-8-7/h1-2,4,6H,3,5,7H2;1-3H,4H2,(H,9,10). The minimum absolute atomic E-state index is 0.0595. The van der Waals surface area contributed by atoms with Gasteiger partial charge in [0, 0.05) is 6.20 Å². The van der Waals surface area contributed by atoms with Crippen molar-refractivity contribution in [3.8, 4) is 11.6 Å². The average Bonchev–Trinajstić information content (AvgIpc) is 2.55. The number of aromatic nitrogens is 1. The molecule has 0 saturated carbocycles. The lowest BCUT2D eigenvalue weighted by Crippen LogP contribution is -2.25. The monoisotopic (exact) mass is 284 g/mol. The van der Waals surface area contributed by atoms with Crippen molar-refractivity contribution in [3.63, 3.8) is 0 Å². The van der Waals surface area contributed by atoms with Crippen LogP contribution in [0.3, 0.4) is 0 Å². The van der Waals surface area contributed by atoms with Crippen LogP contribution in [0.1, 0.15) is 12.0 Å². The first-order valence-corrected chi connectivity index (χ1v) is 6.91. The maximum Gasteiger partial charge on any atom is 0.262 e. The second-order valence-corrected chi connectivity index (χ2v) is 4.75. The lowest BCUT2D eigenvalue weighted by molar-refractivity contribution is -0.118. The third kappa shape index (κ3) is 3.31. The van der Waals surface area contributed by atoms with E-state index in [4.69, 9.17) is 9.47 Å². The minimum Gasteiger partial charge on any atom is -0.493 e. The molecule has 1 aromatic carbocycles. The summed E-state index contributed by atoms with van der Waals surface area (Å²) in [5.41, 5.74) is 2.00. The van der Waals surface area contributed by atoms with E-state index in [1.54, 1.807) is 18.3 Å². The van der Waals surface area contributed by atoms with Crippen LogP contribution in [0.4, 0.5) is 5.69 Å². The molecule has 0 aliphatic carbocycles. The number of ether oxygens (including phenoxy) is 2. The number of hydrogen-bond donors (Lipinski definition) is 1. The number of nitrogens with zero attached hydrogens (tertiary/aromatic N) is 1. The largest absolute Gasteiger partial charge is 0.493 e. The molecule has 5 heteroatoms. The van der Waals surface area contributed by atoms with Gasteiger partial charge in [-0.15, -0.1) is 0 Å². The second-order valence-electron chi connectivity index (χ2n) is 4.75. The Hall–Kier alpha value is -2.56. The maximum atomic E-state index is 10.8. The summed E-state index contributed by atoms with van der Waals surface area (Å²) in [5.74, 6) is 1.44. The van der Waals surface area contributed by atoms with Crippen LogP contribution in [0.2, 0.25) is 0 Å². The first-order chi connectivity index (χ1) is 10.3. The van der Waals surface area contributed by atoms with E-state index < -0.39 is 0 Å². The van der Waals surface area contributed by atoms with E-state index >= 15 is 0 Å². The SMILES string of the molecule is O=C1COc2ncccc2N1.c1ccc2c(c1)CCCO2. The fourth-order valence-electron chi connectivity index (χ4n) is 2.22. The van der Waals surface area contributed by atoms with Crippen molar-refractivity contribution in [1.29, 1.82) is 0 Å². The van der Waals surface area contributed by atoms with Gasteiger partial charge >= 0.3 is 0 Å². The van der Waals surface area contributed by atoms with Crippen LogP contribution < -0.4 is 14.8 Å². The summed E-state index contributed by atoms with van der Waals surface area (Å²) in [7, 11) is 0. The molecule has 2 aromatic rings. The molecular formula is C16H16N2O3. The Bertz CT molecular complexity index is 618. The first-order valence-electron chi connectivity index (χ1n) is 6.91. The van der Waals surface area contributed by atoms with Crippen LogP contribution in [0.15, 0.2) is 42.6 Å². The number of amides is 1. The second kappa shape index (κ2) is 6.26. The van der Waals surface area contributed by atoms with E-state index in [9.17, 15) is 4.79 Å². The molecule has 0 spiro atoms. The summed E-state index contributed by atoms with van der Waals surface area (Å²) in [6.45, 7) is 0.945. The molecule has 1 aromatic heterocycles. The van der Waals surface area contributed by atoms with Gasteiger partial charge < -0.3 is 14.8 Å². The molecule has 0 atom stereocenters. The van der Waals surface area contributed by atoms with Gasteiger partial charge in [0.25, 0.3) is 5.91 Å². The van der Waals surface area contributed by atoms with Gasteiger partial charge in [-0.3, -0.25) is 4.79 Å². The van der Waals surface area contributed by atoms with Gasteiger partial charge in [0.2, 0.25) is 5.88 Å². The highest BCUT2D eigenvalue weighted by Crippen LogP contribution is 2.23. The normalized spacial score (nSPS) is 15.1. The van der Waals surface area contributed by atoms with Gasteiger partial charge in [0.1, 0.15) is 11.4 Å². The zero-order chi connectivity index (χ0) is 14.5. The molecule has 0 unspecified atom stereocenters. The van der Waals surface area contributed by atoms with E-state index in [1.807, 2.05) is 12.1 Å². The maximum absolute atomic E-state index is 10.8. The van der Waals surface area contributed by atoms with Gasteiger partial charge in [-0.1, -0.05) is 18.2 Å². The van der Waals surface area contributed by atoms with Crippen LogP contribution in [0.5, 0.6) is 11.6 Å². The molecule has 0 radical (unpaired) electrons. The number of benzene rings is 1. The molecule has 108 valence electrons. The average molecular weight is 284 g/mol. The number of para-hydroxylation sites is 1. The highest BCUT2D eigenvalue weighted by molar-refractivity contribution is 5.94. The number of rotatable bonds is 0. The number of hydrogen-bond acceptors (Lipinski definition) is 4. The Morgan fingerprint density at radius 3 is 2.90 bits per heavy atom. The fourth-order valence-corrected chi connectivity index (χ4v) is 2.22. The van der Waals surface area contributed by atoms with Gasteiger partial charge in [-0.05, 0) is 36.6 Å². The number of nitrogens with one attached hydrogen (secondary N) is 1. The Morgan fingerprint density at radius 1 is 1.10 bits per heavy atom. The Kier molecular flexibility index (Phi) is 4.00. The van der Waals surface area contributed by atoms with Crippen LogP contribution in [0, 0.1) is 0 Å². The molecule has 5 nitrogen and oxygen atoms in total. The first kappa shape index (κ1) is 13.4. The third-order valence-electron chi connectivity index (χ3n) is 3.21. The lowest BCUT2D eigenvalue weighted by Gasteiger charge is -2.15. The van der Waals surface area contributed by atoms with E-state index in [2.05, 4.69) is 22.4 Å². The Balaban J connectivity index is 0.000000126. The van der Waals surface area contributed by atoms with Crippen molar-refractivity contribution < 1.29 is 14.3 Å². The van der Waals surface area contributed by atoms with Crippen molar-refractivity contribution >= 4 is 11.6 Å². The summed E-state index contributed by atoms with van der Waals surface area (Å²) < 4.78 is 10.4. The molecule has 0 fully saturated rings. The lowest BCUT2D eigenvalue weighted by atomic mass is 10.1. The van der Waals surface area contributed by atoms with Gasteiger partial charge in [0.05, 0.1) is 6.61 Å². The van der Waals surface area contributed by atoms with E-state index in [1.165, 1.54) is 12.0 Å². The molecule has 1 N–H and O–H groups in total. The summed E-state index contributed by atoms with van der Waals surface area (Å²) in [6.07, 6.45) is 3.96. The van der Waals surface area contributed by atoms with Gasteiger partial charge in [-0.2, -0.15) is 0 Å². The molecule has 21 heavy (non-hydrogen) atoms. The number of fused-ring (bicyclic) bond motifs is 2. The number of pyridine rings is 1. The molecule has 2 aliphatic heterocycles. The summed E-state index contributed by atoms with van der Waals surface area (Å²) in [4.78, 5) is 14.7. The van der Waals surface area contributed by atoms with E-state index in [0.29, 0.717) is 11.6 Å². The summed E-state index contributed by atoms with van der Waals surface area (Å²) in [6, 6.07) is 11.7. The van der Waals surface area contributed by atoms with Crippen molar-refractivity contribution in [3.05, 3.63) is 48.2 Å². The number of anilines is 1. The molecule has 1 amide bonds. The van der Waals surface area contributed by atoms with Crippen LogP contribution >= 0.6 is 0 Å². The predicted octanol–water partition coefficient (Wildman–Crippen LogP) is 2.42. The van der Waals surface area contributed by atoms with Crippen molar-refractivity contribution in [2.24, 2.45) is 0 Å². The quantitative estimate of drug-likeness (QED) is 0.807. The molecule has 0 saturated heterocycles. The topological polar surface area (TPSA) is 60.5 Å². The van der Waals surface area contributed by atoms with Crippen LogP contribution in [0.25, 0.3) is 0 Å². The van der Waals surface area contributed by atoms with E-state index in [-0.39, 0.29) is 12.5 Å². The molecule has 0 bridgehead atoms. The van der Waals surface area contributed by atoms with Crippen molar-refractivity contribution in [2.45, 2.75) is 12.8 Å². The molecule has 2 aliphatic rings. The summed E-state index contributed by atoms with van der Waals surface area (Å²) in [5, 5.41) is 2.63. The molecule has 4 rings (SSSR count). The zero-order valence-corrected chi connectivity index (χ0v) is 11.5. The molecule has 3 heterocycles. The Labute approximate surface area is 122 Å².